The lowest BCUT2D eigenvalue weighted by Gasteiger charge is -2.11. The summed E-state index contributed by atoms with van der Waals surface area (Å²) in [6, 6.07) is 9.25. The van der Waals surface area contributed by atoms with Gasteiger partial charge in [0.25, 0.3) is 0 Å². The van der Waals surface area contributed by atoms with Gasteiger partial charge in [-0.3, -0.25) is 4.98 Å². The summed E-state index contributed by atoms with van der Waals surface area (Å²) < 4.78 is 5.64. The highest BCUT2D eigenvalue weighted by molar-refractivity contribution is 6.31. The van der Waals surface area contributed by atoms with Gasteiger partial charge in [0.2, 0.25) is 0 Å². The Labute approximate surface area is 111 Å². The predicted octanol–water partition coefficient (Wildman–Crippen LogP) is 2.85. The summed E-state index contributed by atoms with van der Waals surface area (Å²) >= 11 is 5.98. The van der Waals surface area contributed by atoms with Crippen LogP contribution < -0.4 is 4.74 Å². The zero-order valence-corrected chi connectivity index (χ0v) is 10.6. The minimum atomic E-state index is -0.123. The molecule has 0 radical (unpaired) electrons. The molecule has 0 fully saturated rings. The molecule has 4 heteroatoms. The first-order valence-electron chi connectivity index (χ1n) is 5.71. The van der Waals surface area contributed by atoms with Crippen LogP contribution >= 0.6 is 11.6 Å². The molecular formula is C14H14ClNO2. The fraction of sp³-hybridized carbons (Fsp3) is 0.214. The molecule has 2 rings (SSSR count). The number of benzene rings is 1. The lowest BCUT2D eigenvalue weighted by molar-refractivity contribution is 0.264. The van der Waals surface area contributed by atoms with Crippen LogP contribution in [-0.4, -0.2) is 16.7 Å². The van der Waals surface area contributed by atoms with Gasteiger partial charge in [-0.15, -0.1) is 0 Å². The van der Waals surface area contributed by atoms with Crippen molar-refractivity contribution in [1.29, 1.82) is 0 Å². The Bertz CT molecular complexity index is 502. The van der Waals surface area contributed by atoms with Crippen molar-refractivity contribution in [3.8, 4) is 5.75 Å². The van der Waals surface area contributed by atoms with Crippen LogP contribution in [0, 0.1) is 0 Å². The molecule has 0 aliphatic rings. The van der Waals surface area contributed by atoms with Crippen molar-refractivity contribution in [2.24, 2.45) is 0 Å². The van der Waals surface area contributed by atoms with E-state index < -0.39 is 0 Å². The highest BCUT2D eigenvalue weighted by Crippen LogP contribution is 2.26. The summed E-state index contributed by atoms with van der Waals surface area (Å²) in [6.45, 7) is 0.404. The van der Waals surface area contributed by atoms with E-state index in [0.717, 1.165) is 12.0 Å². The highest BCUT2D eigenvalue weighted by atomic mass is 35.5. The molecule has 0 aliphatic carbocycles. The maximum atomic E-state index is 9.24. The Morgan fingerprint density at radius 3 is 2.83 bits per heavy atom. The number of pyridine rings is 1. The van der Waals surface area contributed by atoms with Crippen LogP contribution in [0.1, 0.15) is 11.1 Å². The molecule has 0 atom stereocenters. The van der Waals surface area contributed by atoms with E-state index in [1.54, 1.807) is 24.4 Å². The Morgan fingerprint density at radius 2 is 2.11 bits per heavy atom. The zero-order valence-electron chi connectivity index (χ0n) is 9.84. The Balaban J connectivity index is 1.96. The molecule has 18 heavy (non-hydrogen) atoms. The molecule has 94 valence electrons. The van der Waals surface area contributed by atoms with E-state index in [9.17, 15) is 5.11 Å². The molecule has 0 aliphatic heterocycles. The van der Waals surface area contributed by atoms with E-state index in [4.69, 9.17) is 16.3 Å². The summed E-state index contributed by atoms with van der Waals surface area (Å²) in [6.07, 6.45) is 4.32. The molecule has 0 saturated carbocycles. The van der Waals surface area contributed by atoms with Crippen molar-refractivity contribution in [2.75, 3.05) is 6.61 Å². The summed E-state index contributed by atoms with van der Waals surface area (Å²) in [5.74, 6) is 0.633. The van der Waals surface area contributed by atoms with E-state index in [2.05, 4.69) is 4.98 Å². The van der Waals surface area contributed by atoms with Gasteiger partial charge < -0.3 is 9.84 Å². The number of halogens is 1. The Kier molecular flexibility index (Phi) is 4.56. The second-order valence-electron chi connectivity index (χ2n) is 3.83. The number of hydrogen-bond donors (Lipinski definition) is 1. The third kappa shape index (κ3) is 3.22. The number of ether oxygens (including phenoxy) is 1. The van der Waals surface area contributed by atoms with Crippen molar-refractivity contribution >= 4 is 11.6 Å². The molecule has 0 amide bonds. The van der Waals surface area contributed by atoms with Crippen molar-refractivity contribution in [3.05, 3.63) is 58.9 Å². The van der Waals surface area contributed by atoms with Gasteiger partial charge in [-0.1, -0.05) is 23.7 Å². The molecule has 1 aromatic heterocycles. The maximum Gasteiger partial charge on any atom is 0.126 e. The van der Waals surface area contributed by atoms with Crippen LogP contribution in [0.3, 0.4) is 0 Å². The van der Waals surface area contributed by atoms with Crippen LogP contribution in [0.25, 0.3) is 0 Å². The van der Waals surface area contributed by atoms with E-state index in [1.165, 1.54) is 0 Å². The SMILES string of the molecule is OCc1c(Cl)cccc1OCCc1cccnc1. The first-order valence-corrected chi connectivity index (χ1v) is 6.09. The normalized spacial score (nSPS) is 10.3. The third-order valence-corrected chi connectivity index (χ3v) is 2.96. The average Bonchev–Trinajstić information content (AvgIpc) is 2.40. The van der Waals surface area contributed by atoms with Gasteiger partial charge >= 0.3 is 0 Å². The minimum Gasteiger partial charge on any atom is -0.493 e. The molecule has 0 bridgehead atoms. The van der Waals surface area contributed by atoms with Crippen LogP contribution in [0.5, 0.6) is 5.75 Å². The van der Waals surface area contributed by atoms with Gasteiger partial charge in [-0.2, -0.15) is 0 Å². The predicted molar refractivity (Wildman–Crippen MR) is 70.8 cm³/mol. The monoisotopic (exact) mass is 263 g/mol. The number of aliphatic hydroxyl groups is 1. The molecule has 0 unspecified atom stereocenters. The first-order chi connectivity index (χ1) is 8.81. The second-order valence-corrected chi connectivity index (χ2v) is 4.24. The van der Waals surface area contributed by atoms with Crippen molar-refractivity contribution in [2.45, 2.75) is 13.0 Å². The molecule has 2 aromatic rings. The van der Waals surface area contributed by atoms with Gasteiger partial charge in [0.05, 0.1) is 13.2 Å². The largest absolute Gasteiger partial charge is 0.493 e. The molecule has 1 heterocycles. The molecule has 3 nitrogen and oxygen atoms in total. The number of aromatic nitrogens is 1. The zero-order chi connectivity index (χ0) is 12.8. The fourth-order valence-corrected chi connectivity index (χ4v) is 1.88. The standard InChI is InChI=1S/C14H14ClNO2/c15-13-4-1-5-14(12(13)10-17)18-8-6-11-3-2-7-16-9-11/h1-5,7,9,17H,6,8,10H2. The highest BCUT2D eigenvalue weighted by Gasteiger charge is 2.06. The Morgan fingerprint density at radius 1 is 1.22 bits per heavy atom. The third-order valence-electron chi connectivity index (χ3n) is 2.61. The minimum absolute atomic E-state index is 0.123. The van der Waals surface area contributed by atoms with Crippen molar-refractivity contribution < 1.29 is 9.84 Å². The van der Waals surface area contributed by atoms with Crippen LogP contribution in [0.2, 0.25) is 5.02 Å². The van der Waals surface area contributed by atoms with E-state index in [-0.39, 0.29) is 6.61 Å². The molecule has 1 aromatic carbocycles. The topological polar surface area (TPSA) is 42.4 Å². The quantitative estimate of drug-likeness (QED) is 0.902. The van der Waals surface area contributed by atoms with Gasteiger partial charge in [0.1, 0.15) is 5.75 Å². The average molecular weight is 264 g/mol. The molecule has 1 N–H and O–H groups in total. The smallest absolute Gasteiger partial charge is 0.126 e. The van der Waals surface area contributed by atoms with Crippen LogP contribution in [-0.2, 0) is 13.0 Å². The number of hydrogen-bond acceptors (Lipinski definition) is 3. The summed E-state index contributed by atoms with van der Waals surface area (Å²) in [5, 5.41) is 9.77. The van der Waals surface area contributed by atoms with Gasteiger partial charge in [0.15, 0.2) is 0 Å². The summed E-state index contributed by atoms with van der Waals surface area (Å²) in [7, 11) is 0. The van der Waals surface area contributed by atoms with E-state index >= 15 is 0 Å². The fourth-order valence-electron chi connectivity index (χ4n) is 1.65. The van der Waals surface area contributed by atoms with Crippen LogP contribution in [0.15, 0.2) is 42.7 Å². The molecular weight excluding hydrogens is 250 g/mol. The van der Waals surface area contributed by atoms with E-state index in [0.29, 0.717) is 22.9 Å². The Hall–Kier alpha value is -1.58. The summed E-state index contributed by atoms with van der Waals surface area (Å²) in [4.78, 5) is 4.04. The number of rotatable bonds is 5. The first kappa shape index (κ1) is 12.9. The molecule has 0 spiro atoms. The van der Waals surface area contributed by atoms with Crippen molar-refractivity contribution in [3.63, 3.8) is 0 Å². The van der Waals surface area contributed by atoms with Crippen LogP contribution in [0.4, 0.5) is 0 Å². The van der Waals surface area contributed by atoms with E-state index in [1.807, 2.05) is 18.3 Å². The number of aliphatic hydroxyl groups excluding tert-OH is 1. The van der Waals surface area contributed by atoms with Gasteiger partial charge in [0, 0.05) is 29.4 Å². The number of nitrogens with zero attached hydrogens (tertiary/aromatic N) is 1. The second kappa shape index (κ2) is 6.38. The summed E-state index contributed by atoms with van der Waals surface area (Å²) in [5.41, 5.74) is 1.75. The lowest BCUT2D eigenvalue weighted by Crippen LogP contribution is -2.04. The van der Waals surface area contributed by atoms with Gasteiger partial charge in [-0.25, -0.2) is 0 Å². The van der Waals surface area contributed by atoms with Gasteiger partial charge in [-0.05, 0) is 23.8 Å². The van der Waals surface area contributed by atoms with Crippen molar-refractivity contribution in [1.82, 2.24) is 4.98 Å². The maximum absolute atomic E-state index is 9.24. The molecule has 0 saturated heterocycles. The lowest BCUT2D eigenvalue weighted by atomic mass is 10.2.